The molecular formula is C15H20N4OS. The normalized spacial score (nSPS) is 16.1. The maximum atomic E-state index is 5.16. The molecule has 2 aromatic rings. The zero-order valence-electron chi connectivity index (χ0n) is 12.2. The molecule has 0 saturated carbocycles. The molecule has 3 rings (SSSR count). The van der Waals surface area contributed by atoms with Crippen molar-refractivity contribution < 1.29 is 4.74 Å². The van der Waals surface area contributed by atoms with Crippen LogP contribution in [-0.4, -0.2) is 36.2 Å². The van der Waals surface area contributed by atoms with E-state index in [9.17, 15) is 0 Å². The molecule has 0 aliphatic carbocycles. The molecule has 1 N–H and O–H groups in total. The molecule has 112 valence electrons. The predicted octanol–water partition coefficient (Wildman–Crippen LogP) is 2.77. The number of hydrogen-bond acceptors (Lipinski definition) is 6. The van der Waals surface area contributed by atoms with E-state index in [0.29, 0.717) is 12.6 Å². The van der Waals surface area contributed by atoms with Gasteiger partial charge in [-0.1, -0.05) is 0 Å². The first-order valence-electron chi connectivity index (χ1n) is 7.20. The van der Waals surface area contributed by atoms with Crippen molar-refractivity contribution >= 4 is 22.3 Å². The van der Waals surface area contributed by atoms with Crippen LogP contribution < -0.4 is 10.2 Å². The number of hydrogen-bond donors (Lipinski definition) is 1. The molecule has 0 radical (unpaired) electrons. The van der Waals surface area contributed by atoms with Crippen molar-refractivity contribution in [1.29, 1.82) is 0 Å². The van der Waals surface area contributed by atoms with Crippen molar-refractivity contribution in [3.63, 3.8) is 0 Å². The summed E-state index contributed by atoms with van der Waals surface area (Å²) >= 11 is 1.71. The molecule has 5 nitrogen and oxygen atoms in total. The molecule has 0 bridgehead atoms. The Labute approximate surface area is 129 Å². The van der Waals surface area contributed by atoms with E-state index in [-0.39, 0.29) is 0 Å². The number of pyridine rings is 1. The highest BCUT2D eigenvalue weighted by Gasteiger charge is 2.20. The standard InChI is InChI=1S/C15H20N4OS/c1-20-11-12-2-5-16-14(10-12)18-13-3-7-19(8-4-13)15-17-6-9-21-15/h2,5-6,9-10,13H,3-4,7-8,11H2,1H3,(H,16,18). The van der Waals surface area contributed by atoms with Gasteiger partial charge in [-0.15, -0.1) is 11.3 Å². The molecule has 0 spiro atoms. The summed E-state index contributed by atoms with van der Waals surface area (Å²) in [5.41, 5.74) is 1.15. The number of ether oxygens (including phenoxy) is 1. The molecule has 0 aromatic carbocycles. The molecule has 21 heavy (non-hydrogen) atoms. The Morgan fingerprint density at radius 3 is 2.90 bits per heavy atom. The Morgan fingerprint density at radius 2 is 2.19 bits per heavy atom. The quantitative estimate of drug-likeness (QED) is 0.920. The van der Waals surface area contributed by atoms with Crippen molar-refractivity contribution in [3.8, 4) is 0 Å². The third kappa shape index (κ3) is 3.71. The van der Waals surface area contributed by atoms with E-state index in [1.54, 1.807) is 18.4 Å². The first kappa shape index (κ1) is 14.3. The molecule has 0 atom stereocenters. The summed E-state index contributed by atoms with van der Waals surface area (Å²) in [7, 11) is 1.71. The van der Waals surface area contributed by atoms with Crippen LogP contribution in [-0.2, 0) is 11.3 Å². The minimum Gasteiger partial charge on any atom is -0.380 e. The predicted molar refractivity (Wildman–Crippen MR) is 85.9 cm³/mol. The van der Waals surface area contributed by atoms with E-state index in [0.717, 1.165) is 42.4 Å². The second-order valence-corrected chi connectivity index (χ2v) is 6.08. The van der Waals surface area contributed by atoms with E-state index < -0.39 is 0 Å². The van der Waals surface area contributed by atoms with Gasteiger partial charge in [0.15, 0.2) is 5.13 Å². The average Bonchev–Trinajstić information content (AvgIpc) is 3.03. The maximum Gasteiger partial charge on any atom is 0.185 e. The Kier molecular flexibility index (Phi) is 4.67. The van der Waals surface area contributed by atoms with Gasteiger partial charge in [-0.25, -0.2) is 9.97 Å². The monoisotopic (exact) mass is 304 g/mol. The lowest BCUT2D eigenvalue weighted by Gasteiger charge is -2.32. The van der Waals surface area contributed by atoms with Crippen molar-refractivity contribution in [3.05, 3.63) is 35.5 Å². The number of methoxy groups -OCH3 is 1. The van der Waals surface area contributed by atoms with Crippen LogP contribution in [0.25, 0.3) is 0 Å². The first-order valence-corrected chi connectivity index (χ1v) is 8.08. The molecule has 3 heterocycles. The number of thiazole rings is 1. The van der Waals surface area contributed by atoms with Gasteiger partial charge in [0.2, 0.25) is 0 Å². The molecule has 1 aliphatic rings. The van der Waals surface area contributed by atoms with E-state index in [1.165, 1.54) is 0 Å². The molecule has 1 fully saturated rings. The largest absolute Gasteiger partial charge is 0.380 e. The Morgan fingerprint density at radius 1 is 1.33 bits per heavy atom. The van der Waals surface area contributed by atoms with Gasteiger partial charge >= 0.3 is 0 Å². The zero-order valence-corrected chi connectivity index (χ0v) is 13.0. The number of rotatable bonds is 5. The van der Waals surface area contributed by atoms with E-state index >= 15 is 0 Å². The second kappa shape index (κ2) is 6.87. The van der Waals surface area contributed by atoms with Crippen LogP contribution >= 0.6 is 11.3 Å². The van der Waals surface area contributed by atoms with E-state index in [4.69, 9.17) is 4.74 Å². The minimum absolute atomic E-state index is 0.478. The van der Waals surface area contributed by atoms with Crippen LogP contribution in [0.15, 0.2) is 29.9 Å². The zero-order chi connectivity index (χ0) is 14.5. The highest BCUT2D eigenvalue weighted by atomic mass is 32.1. The number of nitrogens with zero attached hydrogens (tertiary/aromatic N) is 3. The fraction of sp³-hybridized carbons (Fsp3) is 0.467. The van der Waals surface area contributed by atoms with Crippen LogP contribution in [0.5, 0.6) is 0 Å². The maximum absolute atomic E-state index is 5.16. The SMILES string of the molecule is COCc1ccnc(NC2CCN(c3nccs3)CC2)c1. The van der Waals surface area contributed by atoms with Crippen molar-refractivity contribution in [1.82, 2.24) is 9.97 Å². The molecule has 0 unspecified atom stereocenters. The van der Waals surface area contributed by atoms with Crippen molar-refractivity contribution in [2.24, 2.45) is 0 Å². The van der Waals surface area contributed by atoms with Gasteiger partial charge in [0.25, 0.3) is 0 Å². The Bertz CT molecular complexity index is 553. The molecule has 0 amide bonds. The fourth-order valence-electron chi connectivity index (χ4n) is 2.61. The van der Waals surface area contributed by atoms with Gasteiger partial charge in [0.05, 0.1) is 6.61 Å². The van der Waals surface area contributed by atoms with Crippen LogP contribution in [0.2, 0.25) is 0 Å². The van der Waals surface area contributed by atoms with Gasteiger partial charge in [-0.05, 0) is 30.5 Å². The van der Waals surface area contributed by atoms with E-state index in [2.05, 4.69) is 26.3 Å². The topological polar surface area (TPSA) is 50.3 Å². The number of nitrogens with one attached hydrogen (secondary N) is 1. The summed E-state index contributed by atoms with van der Waals surface area (Å²) in [6.45, 7) is 2.71. The summed E-state index contributed by atoms with van der Waals surface area (Å²) in [6, 6.07) is 4.53. The number of anilines is 2. The highest BCUT2D eigenvalue weighted by Crippen LogP contribution is 2.23. The van der Waals surface area contributed by atoms with Crippen LogP contribution in [0.3, 0.4) is 0 Å². The molecule has 6 heteroatoms. The van der Waals surface area contributed by atoms with Crippen molar-refractivity contribution in [2.75, 3.05) is 30.4 Å². The summed E-state index contributed by atoms with van der Waals surface area (Å²) in [5.74, 6) is 0.942. The van der Waals surface area contributed by atoms with Crippen molar-refractivity contribution in [2.45, 2.75) is 25.5 Å². The van der Waals surface area contributed by atoms with Gasteiger partial charge < -0.3 is 15.0 Å². The smallest absolute Gasteiger partial charge is 0.185 e. The lowest BCUT2D eigenvalue weighted by Crippen LogP contribution is -2.39. The summed E-state index contributed by atoms with van der Waals surface area (Å²) in [4.78, 5) is 11.1. The number of piperidine rings is 1. The van der Waals surface area contributed by atoms with Crippen LogP contribution in [0.4, 0.5) is 10.9 Å². The lowest BCUT2D eigenvalue weighted by molar-refractivity contribution is 0.185. The summed E-state index contributed by atoms with van der Waals surface area (Å²) in [5, 5.41) is 6.70. The second-order valence-electron chi connectivity index (χ2n) is 5.20. The van der Waals surface area contributed by atoms with E-state index in [1.807, 2.05) is 23.8 Å². The van der Waals surface area contributed by atoms with Gasteiger partial charge in [0, 0.05) is 44.0 Å². The highest BCUT2D eigenvalue weighted by molar-refractivity contribution is 7.13. The van der Waals surface area contributed by atoms with Crippen LogP contribution in [0.1, 0.15) is 18.4 Å². The van der Waals surface area contributed by atoms with Gasteiger partial charge in [-0.2, -0.15) is 0 Å². The Balaban J connectivity index is 1.54. The molecule has 2 aromatic heterocycles. The Hall–Kier alpha value is -1.66. The summed E-state index contributed by atoms with van der Waals surface area (Å²) < 4.78 is 5.16. The van der Waals surface area contributed by atoms with Gasteiger partial charge in [-0.3, -0.25) is 0 Å². The third-order valence-electron chi connectivity index (χ3n) is 3.67. The molecule has 1 saturated heterocycles. The molecule has 1 aliphatic heterocycles. The fourth-order valence-corrected chi connectivity index (χ4v) is 3.30. The lowest BCUT2D eigenvalue weighted by atomic mass is 10.1. The molecular weight excluding hydrogens is 284 g/mol. The van der Waals surface area contributed by atoms with Crippen LogP contribution in [0, 0.1) is 0 Å². The minimum atomic E-state index is 0.478. The van der Waals surface area contributed by atoms with Gasteiger partial charge in [0.1, 0.15) is 5.82 Å². The first-order chi connectivity index (χ1) is 10.3. The third-order valence-corrected chi connectivity index (χ3v) is 4.50. The summed E-state index contributed by atoms with van der Waals surface area (Å²) in [6.07, 6.45) is 5.92. The average molecular weight is 304 g/mol. The number of aromatic nitrogens is 2.